The van der Waals surface area contributed by atoms with Gasteiger partial charge in [-0.15, -0.1) is 0 Å². The topological polar surface area (TPSA) is 52.9 Å². The molecule has 0 N–H and O–H groups in total. The van der Waals surface area contributed by atoms with E-state index in [9.17, 15) is 0 Å². The highest BCUT2D eigenvalue weighted by Crippen LogP contribution is 2.36. The Morgan fingerprint density at radius 2 is 0.864 bits per heavy atom. The van der Waals surface area contributed by atoms with Crippen molar-refractivity contribution in [2.75, 3.05) is 0 Å². The average molecular weight is 861 g/mol. The molecule has 4 heterocycles. The zero-order valence-corrected chi connectivity index (χ0v) is 36.8. The van der Waals surface area contributed by atoms with Gasteiger partial charge in [-0.3, -0.25) is 8.97 Å². The molecule has 4 aromatic heterocycles. The van der Waals surface area contributed by atoms with E-state index in [1.54, 1.807) is 0 Å². The lowest BCUT2D eigenvalue weighted by atomic mass is 10.0. The second kappa shape index (κ2) is 15.3. The van der Waals surface area contributed by atoms with Crippen LogP contribution in [0, 0.1) is 0 Å². The maximum atomic E-state index is 5.58. The van der Waals surface area contributed by atoms with Crippen LogP contribution in [-0.4, -0.2) is 36.6 Å². The van der Waals surface area contributed by atoms with E-state index in [4.69, 9.17) is 15.0 Å². The second-order valence-electron chi connectivity index (χ2n) is 16.9. The van der Waals surface area contributed by atoms with Gasteiger partial charge in [0.05, 0.1) is 38.8 Å². The lowest BCUT2D eigenvalue weighted by Gasteiger charge is -2.34. The molecular formula is C59H40N6Si. The van der Waals surface area contributed by atoms with Crippen molar-refractivity contribution in [3.8, 4) is 34.2 Å². The summed E-state index contributed by atoms with van der Waals surface area (Å²) in [6, 6.07) is 87.3. The molecule has 7 heteroatoms. The van der Waals surface area contributed by atoms with Crippen LogP contribution in [0.2, 0.25) is 0 Å². The fourth-order valence-electron chi connectivity index (χ4n) is 10.3. The molecular weight excluding hydrogens is 821 g/mol. The van der Waals surface area contributed by atoms with Crippen LogP contribution in [0.5, 0.6) is 0 Å². The summed E-state index contributed by atoms with van der Waals surface area (Å²) in [4.78, 5) is 16.4. The first-order valence-corrected chi connectivity index (χ1v) is 24.4. The smallest absolute Gasteiger partial charge is 0.239 e. The summed E-state index contributed by atoms with van der Waals surface area (Å²) in [7, 11) is -2.86. The van der Waals surface area contributed by atoms with Crippen molar-refractivity contribution in [3.05, 3.63) is 243 Å². The van der Waals surface area contributed by atoms with Crippen LogP contribution < -0.4 is 20.7 Å². The predicted molar refractivity (Wildman–Crippen MR) is 274 cm³/mol. The molecule has 0 saturated heterocycles. The van der Waals surface area contributed by atoms with Gasteiger partial charge in [-0.05, 0) is 74.3 Å². The Hall–Kier alpha value is -8.65. The zero-order valence-electron chi connectivity index (χ0n) is 35.8. The highest BCUT2D eigenvalue weighted by molar-refractivity contribution is 7.19. The molecule has 0 aliphatic heterocycles. The van der Waals surface area contributed by atoms with Crippen molar-refractivity contribution in [1.82, 2.24) is 28.5 Å². The first kappa shape index (κ1) is 37.9. The maximum absolute atomic E-state index is 5.58. The summed E-state index contributed by atoms with van der Waals surface area (Å²) in [6.07, 6.45) is 0. The normalized spacial score (nSPS) is 11.9. The Labute approximate surface area is 382 Å². The minimum Gasteiger partial charge on any atom is -0.294 e. The third kappa shape index (κ3) is 5.84. The molecule has 0 spiro atoms. The van der Waals surface area contributed by atoms with Crippen molar-refractivity contribution in [2.45, 2.75) is 0 Å². The quantitative estimate of drug-likeness (QED) is 0.113. The van der Waals surface area contributed by atoms with Crippen molar-refractivity contribution in [1.29, 1.82) is 0 Å². The number of fused-ring (bicyclic) bond motifs is 8. The number of aromatic nitrogens is 6. The average Bonchev–Trinajstić information content (AvgIpc) is 4.05. The lowest BCUT2D eigenvalue weighted by molar-refractivity contribution is 0.937. The highest BCUT2D eigenvalue weighted by atomic mass is 28.3. The molecule has 0 aliphatic carbocycles. The van der Waals surface area contributed by atoms with Crippen LogP contribution in [0.1, 0.15) is 0 Å². The largest absolute Gasteiger partial charge is 0.294 e. The Bertz CT molecular complexity index is 3840. The summed E-state index contributed by atoms with van der Waals surface area (Å²) in [5, 5.41) is 7.54. The summed E-state index contributed by atoms with van der Waals surface area (Å²) in [5.41, 5.74) is 10.3. The Morgan fingerprint density at radius 1 is 0.318 bits per heavy atom. The van der Waals surface area contributed by atoms with E-state index >= 15 is 0 Å². The molecule has 0 atom stereocenters. The van der Waals surface area contributed by atoms with Gasteiger partial charge in [0.1, 0.15) is 5.82 Å². The lowest BCUT2D eigenvalue weighted by Crippen LogP contribution is -2.74. The fourth-order valence-corrected chi connectivity index (χ4v) is 15.1. The molecule has 13 rings (SSSR count). The van der Waals surface area contributed by atoms with Crippen LogP contribution in [0.15, 0.2) is 243 Å². The van der Waals surface area contributed by atoms with Gasteiger partial charge in [0.15, 0.2) is 8.07 Å². The minimum absolute atomic E-state index is 0.541. The van der Waals surface area contributed by atoms with Gasteiger partial charge in [-0.2, -0.15) is 4.98 Å². The Kier molecular flexibility index (Phi) is 8.76. The van der Waals surface area contributed by atoms with Crippen LogP contribution in [0.3, 0.4) is 0 Å². The third-order valence-corrected chi connectivity index (χ3v) is 18.0. The molecule has 0 saturated carbocycles. The Balaban J connectivity index is 1.11. The number of hydrogen-bond donors (Lipinski definition) is 0. The van der Waals surface area contributed by atoms with E-state index in [-0.39, 0.29) is 0 Å². The molecule has 0 fully saturated rings. The number of benzene rings is 9. The standard InChI is InChI=1S/C59H40N6Si/c1-5-20-41(21-6-1)42-36-37-53-49(39-42)48-30-13-15-32-52(48)63(53)57-40-51(60-58(62-57)65-56-35-18-17-34-55(56)64-54-33-16-14-31-50(54)61-59(64)65)43-22-19-29-47(38-43)66(44-23-7-2-8-24-44,45-25-9-3-10-26-45)46-27-11-4-12-28-46/h1-40H. The van der Waals surface area contributed by atoms with Crippen molar-refractivity contribution in [2.24, 2.45) is 0 Å². The maximum Gasteiger partial charge on any atom is 0.239 e. The minimum atomic E-state index is -2.86. The molecule has 310 valence electrons. The third-order valence-electron chi connectivity index (χ3n) is 13.2. The molecule has 0 bridgehead atoms. The van der Waals surface area contributed by atoms with Gasteiger partial charge < -0.3 is 0 Å². The number of rotatable bonds is 8. The van der Waals surface area contributed by atoms with Gasteiger partial charge in [-0.1, -0.05) is 194 Å². The second-order valence-corrected chi connectivity index (χ2v) is 20.7. The van der Waals surface area contributed by atoms with E-state index in [0.717, 1.165) is 66.7 Å². The molecule has 0 radical (unpaired) electrons. The van der Waals surface area contributed by atoms with Crippen molar-refractivity contribution < 1.29 is 0 Å². The van der Waals surface area contributed by atoms with Crippen LogP contribution in [0.4, 0.5) is 0 Å². The monoisotopic (exact) mass is 860 g/mol. The summed E-state index contributed by atoms with van der Waals surface area (Å²) < 4.78 is 6.66. The van der Waals surface area contributed by atoms with Gasteiger partial charge in [0, 0.05) is 22.4 Å². The number of para-hydroxylation sites is 5. The molecule has 6 nitrogen and oxygen atoms in total. The Morgan fingerprint density at radius 3 is 1.56 bits per heavy atom. The van der Waals surface area contributed by atoms with Crippen LogP contribution in [-0.2, 0) is 0 Å². The fraction of sp³-hybridized carbons (Fsp3) is 0. The van der Waals surface area contributed by atoms with Gasteiger partial charge >= 0.3 is 0 Å². The van der Waals surface area contributed by atoms with Crippen LogP contribution >= 0.6 is 0 Å². The SMILES string of the molecule is c1ccc(-c2ccc3c(c2)c2ccccc2n3-c2cc(-c3cccc([Si](c4ccccc4)(c4ccccc4)c4ccccc4)c3)nc(-n3c4ccccc4n4c5ccccc5nc34)n2)cc1. The first-order valence-electron chi connectivity index (χ1n) is 22.4. The van der Waals surface area contributed by atoms with Gasteiger partial charge in [0.2, 0.25) is 11.7 Å². The molecule has 13 aromatic rings. The number of nitrogens with zero attached hydrogens (tertiary/aromatic N) is 6. The van der Waals surface area contributed by atoms with Crippen molar-refractivity contribution in [3.63, 3.8) is 0 Å². The van der Waals surface area contributed by atoms with Gasteiger partial charge in [-0.25, -0.2) is 14.5 Å². The number of hydrogen-bond acceptors (Lipinski definition) is 3. The molecule has 0 aliphatic rings. The zero-order chi connectivity index (χ0) is 43.6. The summed E-state index contributed by atoms with van der Waals surface area (Å²) in [6.45, 7) is 0. The molecule has 0 unspecified atom stereocenters. The summed E-state index contributed by atoms with van der Waals surface area (Å²) >= 11 is 0. The van der Waals surface area contributed by atoms with Crippen LogP contribution in [0.25, 0.3) is 83.8 Å². The first-order chi connectivity index (χ1) is 32.7. The van der Waals surface area contributed by atoms with E-state index in [2.05, 4.69) is 250 Å². The predicted octanol–water partition coefficient (Wildman–Crippen LogP) is 11.0. The summed E-state index contributed by atoms with van der Waals surface area (Å²) in [5.74, 6) is 2.07. The molecule has 66 heavy (non-hydrogen) atoms. The van der Waals surface area contributed by atoms with Gasteiger partial charge in [0.25, 0.3) is 0 Å². The van der Waals surface area contributed by atoms with E-state index in [1.165, 1.54) is 31.9 Å². The molecule has 9 aromatic carbocycles. The molecule has 0 amide bonds. The highest BCUT2D eigenvalue weighted by Gasteiger charge is 2.41. The van der Waals surface area contributed by atoms with E-state index in [1.807, 2.05) is 6.07 Å². The van der Waals surface area contributed by atoms with Crippen molar-refractivity contribution >= 4 is 78.5 Å². The van der Waals surface area contributed by atoms with E-state index in [0.29, 0.717) is 5.95 Å². The van der Waals surface area contributed by atoms with E-state index < -0.39 is 8.07 Å². The number of imidazole rings is 2.